The molecule has 0 bridgehead atoms. The number of nitrogens with zero attached hydrogens (tertiary/aromatic N) is 4. The van der Waals surface area contributed by atoms with Gasteiger partial charge in [-0.15, -0.1) is 12.4 Å². The molecule has 35 heavy (non-hydrogen) atoms. The highest BCUT2D eigenvalue weighted by atomic mass is 35.5. The number of primary amides is 1. The number of hydrogen-bond donors (Lipinski definition) is 2. The number of halogens is 3. The number of anilines is 1. The number of rotatable bonds is 5. The molecule has 1 amide bonds. The molecule has 2 heterocycles. The number of benzene rings is 2. The van der Waals surface area contributed by atoms with Gasteiger partial charge in [0.1, 0.15) is 17.6 Å². The summed E-state index contributed by atoms with van der Waals surface area (Å²) in [4.78, 5) is 23.4. The first-order valence-corrected chi connectivity index (χ1v) is 10.6. The molecule has 4 rings (SSSR count). The number of hydrogen-bond acceptors (Lipinski definition) is 7. The van der Waals surface area contributed by atoms with E-state index >= 15 is 0 Å². The molecule has 1 saturated heterocycles. The van der Waals surface area contributed by atoms with Crippen molar-refractivity contribution in [2.24, 2.45) is 11.5 Å². The number of carbonyl (C=O) groups is 1. The number of piperidine rings is 1. The Morgan fingerprint density at radius 1 is 1.11 bits per heavy atom. The maximum absolute atomic E-state index is 14.6. The molecule has 0 radical (unpaired) electrons. The lowest BCUT2D eigenvalue weighted by molar-refractivity contribution is 0.0996. The Kier molecular flexibility index (Phi) is 7.84. The minimum atomic E-state index is -0.848. The molecule has 0 aliphatic carbocycles. The summed E-state index contributed by atoms with van der Waals surface area (Å²) >= 11 is 0. The van der Waals surface area contributed by atoms with Crippen molar-refractivity contribution in [1.29, 1.82) is 5.26 Å². The highest BCUT2D eigenvalue weighted by molar-refractivity contribution is 6.02. The lowest BCUT2D eigenvalue weighted by Gasteiger charge is -2.31. The van der Waals surface area contributed by atoms with Crippen molar-refractivity contribution in [1.82, 2.24) is 9.97 Å². The maximum atomic E-state index is 14.6. The number of carbonyl (C=O) groups excluding carboxylic acids is 1. The third-order valence-corrected chi connectivity index (χ3v) is 5.76. The van der Waals surface area contributed by atoms with E-state index in [9.17, 15) is 13.6 Å². The van der Waals surface area contributed by atoms with Crippen molar-refractivity contribution < 1.29 is 18.3 Å². The van der Waals surface area contributed by atoms with Crippen molar-refractivity contribution in [2.45, 2.75) is 18.9 Å². The van der Waals surface area contributed by atoms with Gasteiger partial charge in [-0.2, -0.15) is 5.26 Å². The van der Waals surface area contributed by atoms with Crippen LogP contribution >= 0.6 is 12.4 Å². The van der Waals surface area contributed by atoms with E-state index in [1.165, 1.54) is 37.4 Å². The van der Waals surface area contributed by atoms with Gasteiger partial charge in [-0.25, -0.2) is 18.7 Å². The van der Waals surface area contributed by atoms with Crippen molar-refractivity contribution >= 4 is 24.3 Å². The van der Waals surface area contributed by atoms with E-state index in [4.69, 9.17) is 21.5 Å². The summed E-state index contributed by atoms with van der Waals surface area (Å²) in [6.45, 7) is 1.13. The Morgan fingerprint density at radius 3 is 2.34 bits per heavy atom. The van der Waals surface area contributed by atoms with Gasteiger partial charge in [0, 0.05) is 30.3 Å². The van der Waals surface area contributed by atoms with E-state index in [1.807, 2.05) is 4.90 Å². The summed E-state index contributed by atoms with van der Waals surface area (Å²) in [7, 11) is 1.33. The van der Waals surface area contributed by atoms with Crippen LogP contribution in [0.3, 0.4) is 0 Å². The van der Waals surface area contributed by atoms with Crippen LogP contribution in [-0.2, 0) is 0 Å². The molecule has 1 aliphatic rings. The third kappa shape index (κ3) is 5.16. The quantitative estimate of drug-likeness (QED) is 0.548. The molecule has 8 nitrogen and oxygen atoms in total. The zero-order chi connectivity index (χ0) is 24.4. The monoisotopic (exact) mass is 500 g/mol. The summed E-state index contributed by atoms with van der Waals surface area (Å²) in [6.07, 6.45) is 1.42. The van der Waals surface area contributed by atoms with Crippen LogP contribution in [-0.4, -0.2) is 42.1 Å². The molecule has 2 aromatic carbocycles. The molecular formula is C24H23ClF2N6O2. The van der Waals surface area contributed by atoms with Gasteiger partial charge >= 0.3 is 0 Å². The van der Waals surface area contributed by atoms with E-state index in [0.717, 1.165) is 6.07 Å². The zero-order valence-corrected chi connectivity index (χ0v) is 19.6. The number of nitrogens with two attached hydrogens (primary N) is 2. The average Bonchev–Trinajstić information content (AvgIpc) is 2.83. The summed E-state index contributed by atoms with van der Waals surface area (Å²) in [5.74, 6) is -2.02. The van der Waals surface area contributed by atoms with Gasteiger partial charge in [0.25, 0.3) is 5.91 Å². The molecule has 1 aliphatic heterocycles. The van der Waals surface area contributed by atoms with Gasteiger partial charge in [0.15, 0.2) is 11.6 Å². The van der Waals surface area contributed by atoms with Gasteiger partial charge in [-0.3, -0.25) is 4.79 Å². The van der Waals surface area contributed by atoms with Gasteiger partial charge in [0.05, 0.1) is 18.4 Å². The number of nitriles is 1. The minimum Gasteiger partial charge on any atom is -0.494 e. The summed E-state index contributed by atoms with van der Waals surface area (Å²) in [6, 6.07) is 9.91. The van der Waals surface area contributed by atoms with E-state index < -0.39 is 17.5 Å². The van der Waals surface area contributed by atoms with Gasteiger partial charge in [-0.05, 0) is 42.7 Å². The van der Waals surface area contributed by atoms with E-state index in [0.29, 0.717) is 25.9 Å². The minimum absolute atomic E-state index is 0. The Bertz CT molecular complexity index is 1310. The fraction of sp³-hybridized carbons (Fsp3) is 0.250. The third-order valence-electron chi connectivity index (χ3n) is 5.76. The molecule has 0 atom stereocenters. The fourth-order valence-corrected chi connectivity index (χ4v) is 3.93. The van der Waals surface area contributed by atoms with Gasteiger partial charge in [0.2, 0.25) is 5.95 Å². The molecular weight excluding hydrogens is 478 g/mol. The SMILES string of the molecule is COc1ccc(-c2c(C(N)=O)nc(N3CCC(N)CC3)nc2-c2ccc(C#N)c(F)c2)cc1F.Cl. The average molecular weight is 501 g/mol. The Hall–Kier alpha value is -3.81. The number of methoxy groups -OCH3 is 1. The van der Waals surface area contributed by atoms with Crippen molar-refractivity contribution in [3.8, 4) is 34.2 Å². The lowest BCUT2D eigenvalue weighted by Crippen LogP contribution is -2.40. The molecule has 0 unspecified atom stereocenters. The first-order valence-electron chi connectivity index (χ1n) is 10.6. The largest absolute Gasteiger partial charge is 0.494 e. The molecule has 3 aromatic rings. The Balaban J connectivity index is 0.00000342. The van der Waals surface area contributed by atoms with Crippen LogP contribution in [0.25, 0.3) is 22.4 Å². The van der Waals surface area contributed by atoms with Crippen molar-refractivity contribution in [3.05, 3.63) is 59.3 Å². The second-order valence-electron chi connectivity index (χ2n) is 7.94. The normalized spacial score (nSPS) is 13.6. The van der Waals surface area contributed by atoms with Crippen LogP contribution < -0.4 is 21.1 Å². The van der Waals surface area contributed by atoms with Crippen LogP contribution in [0.4, 0.5) is 14.7 Å². The Labute approximate surface area is 206 Å². The van der Waals surface area contributed by atoms with Gasteiger partial charge < -0.3 is 21.1 Å². The van der Waals surface area contributed by atoms with Crippen LogP contribution in [0, 0.1) is 23.0 Å². The van der Waals surface area contributed by atoms with Crippen molar-refractivity contribution in [3.63, 3.8) is 0 Å². The second kappa shape index (κ2) is 10.6. The van der Waals surface area contributed by atoms with Gasteiger partial charge in [-0.1, -0.05) is 12.1 Å². The Morgan fingerprint density at radius 2 is 1.77 bits per heavy atom. The lowest BCUT2D eigenvalue weighted by atomic mass is 9.96. The molecule has 11 heteroatoms. The number of aromatic nitrogens is 2. The van der Waals surface area contributed by atoms with E-state index in [1.54, 1.807) is 6.07 Å². The first kappa shape index (κ1) is 25.8. The topological polar surface area (TPSA) is 131 Å². The molecule has 1 fully saturated rings. The van der Waals surface area contributed by atoms with E-state index in [-0.39, 0.29) is 63.8 Å². The summed E-state index contributed by atoms with van der Waals surface area (Å²) < 4.78 is 34.1. The fourth-order valence-electron chi connectivity index (χ4n) is 3.93. The predicted molar refractivity (Wildman–Crippen MR) is 129 cm³/mol. The smallest absolute Gasteiger partial charge is 0.268 e. The van der Waals surface area contributed by atoms with Crippen LogP contribution in [0.1, 0.15) is 28.9 Å². The van der Waals surface area contributed by atoms with E-state index in [2.05, 4.69) is 9.97 Å². The molecule has 0 saturated carbocycles. The maximum Gasteiger partial charge on any atom is 0.268 e. The predicted octanol–water partition coefficient (Wildman–Crippen LogP) is 3.42. The van der Waals surface area contributed by atoms with Crippen LogP contribution in [0.15, 0.2) is 36.4 Å². The zero-order valence-electron chi connectivity index (χ0n) is 18.8. The first-order chi connectivity index (χ1) is 16.3. The van der Waals surface area contributed by atoms with Crippen molar-refractivity contribution in [2.75, 3.05) is 25.1 Å². The van der Waals surface area contributed by atoms with Crippen LogP contribution in [0.5, 0.6) is 5.75 Å². The summed E-state index contributed by atoms with van der Waals surface area (Å²) in [5.41, 5.74) is 12.3. The standard InChI is InChI=1S/C24H22F2N6O2.ClH/c1-34-19-5-4-13(10-18(19)26)20-21(14-2-3-15(12-27)17(25)11-14)30-24(31-22(20)23(29)33)32-8-6-16(28)7-9-32;/h2-5,10-11,16H,6-9,28H2,1H3,(H2,29,33);1H. The number of amides is 1. The molecule has 0 spiro atoms. The molecule has 1 aromatic heterocycles. The highest BCUT2D eigenvalue weighted by Crippen LogP contribution is 2.37. The van der Waals surface area contributed by atoms with Crippen LogP contribution in [0.2, 0.25) is 0 Å². The molecule has 4 N–H and O–H groups in total. The number of ether oxygens (including phenoxy) is 1. The summed E-state index contributed by atoms with van der Waals surface area (Å²) in [5, 5.41) is 9.10. The highest BCUT2D eigenvalue weighted by Gasteiger charge is 2.26. The second-order valence-corrected chi connectivity index (χ2v) is 7.94. The molecule has 182 valence electrons.